The van der Waals surface area contributed by atoms with Crippen molar-refractivity contribution in [3.05, 3.63) is 64.2 Å². The van der Waals surface area contributed by atoms with Crippen LogP contribution >= 0.6 is 0 Å². The Morgan fingerprint density at radius 1 is 1.08 bits per heavy atom. The van der Waals surface area contributed by atoms with E-state index in [0.717, 1.165) is 35.5 Å². The minimum Gasteiger partial charge on any atom is -0.378 e. The highest BCUT2D eigenvalue weighted by Gasteiger charge is 2.14. The van der Waals surface area contributed by atoms with Crippen LogP contribution in [0.25, 0.3) is 0 Å². The van der Waals surface area contributed by atoms with Crippen LogP contribution in [0.3, 0.4) is 0 Å². The summed E-state index contributed by atoms with van der Waals surface area (Å²) in [6.45, 7) is 0. The third-order valence-electron chi connectivity index (χ3n) is 3.15. The van der Waals surface area contributed by atoms with E-state index in [1.165, 1.54) is 6.21 Å². The van der Waals surface area contributed by atoms with Crippen molar-refractivity contribution in [2.75, 3.05) is 19.0 Å². The molecule has 0 unspecified atom stereocenters. The Morgan fingerprint density at radius 3 is 2.17 bits per heavy atom. The van der Waals surface area contributed by atoms with Gasteiger partial charge in [-0.15, -0.1) is 0 Å². The zero-order valence-electron chi connectivity index (χ0n) is 13.1. The molecule has 0 fully saturated rings. The number of nitrogens with zero attached hydrogens (tertiary/aromatic N) is 3. The maximum atomic E-state index is 12.0. The van der Waals surface area contributed by atoms with E-state index in [1.54, 1.807) is 12.1 Å². The molecular formula is C15H16N4O4S. The SMILES string of the molecule is CN(C)c1ccc(/C=N/NS(=O)(=O)c2ccc([N+](=O)[O-])cc2)cc1. The first kappa shape index (κ1) is 17.4. The summed E-state index contributed by atoms with van der Waals surface area (Å²) in [7, 11) is -0.0371. The van der Waals surface area contributed by atoms with Crippen molar-refractivity contribution in [3.63, 3.8) is 0 Å². The van der Waals surface area contributed by atoms with Crippen LogP contribution in [0.15, 0.2) is 58.5 Å². The summed E-state index contributed by atoms with van der Waals surface area (Å²) in [5.41, 5.74) is 1.56. The Morgan fingerprint density at radius 2 is 1.67 bits per heavy atom. The average molecular weight is 348 g/mol. The van der Waals surface area contributed by atoms with Crippen LogP contribution < -0.4 is 9.73 Å². The van der Waals surface area contributed by atoms with Crippen LogP contribution in [-0.2, 0) is 10.0 Å². The second kappa shape index (κ2) is 7.09. The predicted octanol–water partition coefficient (Wildman–Crippen LogP) is 1.97. The fourth-order valence-electron chi connectivity index (χ4n) is 1.83. The van der Waals surface area contributed by atoms with E-state index in [4.69, 9.17) is 0 Å². The standard InChI is InChI=1S/C15H16N4O4S/c1-18(2)13-5-3-12(4-6-13)11-16-17-24(22,23)15-9-7-14(8-10-15)19(20)21/h3-11,17H,1-2H3/b16-11+. The zero-order chi connectivity index (χ0) is 17.7. The number of benzene rings is 2. The number of anilines is 1. The van der Waals surface area contributed by atoms with Gasteiger partial charge in [-0.25, -0.2) is 4.83 Å². The van der Waals surface area contributed by atoms with Crippen LogP contribution in [0.5, 0.6) is 0 Å². The number of non-ortho nitro benzene ring substituents is 1. The summed E-state index contributed by atoms with van der Waals surface area (Å²) in [6.07, 6.45) is 1.38. The second-order valence-corrected chi connectivity index (χ2v) is 6.75. The van der Waals surface area contributed by atoms with Gasteiger partial charge in [-0.05, 0) is 29.8 Å². The van der Waals surface area contributed by atoms with E-state index < -0.39 is 14.9 Å². The molecule has 0 bridgehead atoms. The maximum Gasteiger partial charge on any atom is 0.276 e. The van der Waals surface area contributed by atoms with Crippen LogP contribution in [0.4, 0.5) is 11.4 Å². The third-order valence-corrected chi connectivity index (χ3v) is 4.39. The van der Waals surface area contributed by atoms with Gasteiger partial charge < -0.3 is 4.90 Å². The average Bonchev–Trinajstić information content (AvgIpc) is 2.55. The molecule has 0 spiro atoms. The number of sulfonamides is 1. The van der Waals surface area contributed by atoms with Gasteiger partial charge in [0.2, 0.25) is 0 Å². The normalized spacial score (nSPS) is 11.4. The van der Waals surface area contributed by atoms with E-state index in [9.17, 15) is 18.5 Å². The Balaban J connectivity index is 2.07. The van der Waals surface area contributed by atoms with Crippen LogP contribution in [0.1, 0.15) is 5.56 Å². The maximum absolute atomic E-state index is 12.0. The summed E-state index contributed by atoms with van der Waals surface area (Å²) in [4.78, 5) is 13.9. The zero-order valence-corrected chi connectivity index (χ0v) is 13.9. The van der Waals surface area contributed by atoms with Gasteiger partial charge in [-0.2, -0.15) is 13.5 Å². The van der Waals surface area contributed by atoms with Crippen molar-refractivity contribution >= 4 is 27.6 Å². The number of hydrazone groups is 1. The lowest BCUT2D eigenvalue weighted by molar-refractivity contribution is -0.384. The molecule has 0 radical (unpaired) electrons. The fourth-order valence-corrected chi connectivity index (χ4v) is 2.62. The highest BCUT2D eigenvalue weighted by Crippen LogP contribution is 2.15. The smallest absolute Gasteiger partial charge is 0.276 e. The molecule has 0 atom stereocenters. The van der Waals surface area contributed by atoms with Crippen molar-refractivity contribution in [2.45, 2.75) is 4.90 Å². The van der Waals surface area contributed by atoms with Crippen LogP contribution in [0.2, 0.25) is 0 Å². The van der Waals surface area contributed by atoms with Gasteiger partial charge in [-0.3, -0.25) is 10.1 Å². The first-order valence-corrected chi connectivity index (χ1v) is 8.34. The number of nitro benzene ring substituents is 1. The van der Waals surface area contributed by atoms with Crippen LogP contribution in [0, 0.1) is 10.1 Å². The molecule has 8 nitrogen and oxygen atoms in total. The van der Waals surface area contributed by atoms with E-state index in [0.29, 0.717) is 0 Å². The van der Waals surface area contributed by atoms with E-state index >= 15 is 0 Å². The lowest BCUT2D eigenvalue weighted by Crippen LogP contribution is -2.18. The molecule has 0 aliphatic rings. The molecule has 0 saturated carbocycles. The molecule has 9 heteroatoms. The molecule has 2 rings (SSSR count). The van der Waals surface area contributed by atoms with Gasteiger partial charge in [0.1, 0.15) is 0 Å². The molecule has 0 aromatic heterocycles. The first-order valence-electron chi connectivity index (χ1n) is 6.86. The molecule has 2 aromatic rings. The number of rotatable bonds is 6. The second-order valence-electron chi connectivity index (χ2n) is 5.09. The topological polar surface area (TPSA) is 105 Å². The van der Waals surface area contributed by atoms with Crippen molar-refractivity contribution in [1.82, 2.24) is 4.83 Å². The van der Waals surface area contributed by atoms with Crippen molar-refractivity contribution in [1.29, 1.82) is 0 Å². The summed E-state index contributed by atoms with van der Waals surface area (Å²) < 4.78 is 24.1. The first-order chi connectivity index (χ1) is 11.3. The lowest BCUT2D eigenvalue weighted by Gasteiger charge is -2.11. The van der Waals surface area contributed by atoms with Crippen molar-refractivity contribution < 1.29 is 13.3 Å². The summed E-state index contributed by atoms with van der Waals surface area (Å²) in [5, 5.41) is 14.3. The van der Waals surface area contributed by atoms with Gasteiger partial charge in [0, 0.05) is 31.9 Å². The van der Waals surface area contributed by atoms with Crippen molar-refractivity contribution in [3.8, 4) is 0 Å². The van der Waals surface area contributed by atoms with E-state index in [1.807, 2.05) is 31.1 Å². The minimum absolute atomic E-state index is 0.104. The van der Waals surface area contributed by atoms with Gasteiger partial charge >= 0.3 is 0 Å². The molecule has 0 amide bonds. The minimum atomic E-state index is -3.87. The number of nitrogens with one attached hydrogen (secondary N) is 1. The van der Waals surface area contributed by atoms with E-state index in [2.05, 4.69) is 9.93 Å². The predicted molar refractivity (Wildman–Crippen MR) is 91.8 cm³/mol. The number of hydrogen-bond acceptors (Lipinski definition) is 6. The molecule has 1 N–H and O–H groups in total. The Labute approximate surface area is 139 Å². The molecule has 0 saturated heterocycles. The van der Waals surface area contributed by atoms with Gasteiger partial charge in [0.25, 0.3) is 15.7 Å². The number of nitro groups is 1. The monoisotopic (exact) mass is 348 g/mol. The van der Waals surface area contributed by atoms with Gasteiger partial charge in [0.15, 0.2) is 0 Å². The van der Waals surface area contributed by atoms with E-state index in [-0.39, 0.29) is 10.6 Å². The molecule has 126 valence electrons. The lowest BCUT2D eigenvalue weighted by atomic mass is 10.2. The molecule has 2 aromatic carbocycles. The molecule has 0 heterocycles. The highest BCUT2D eigenvalue weighted by molar-refractivity contribution is 7.89. The molecule has 24 heavy (non-hydrogen) atoms. The Hall–Kier alpha value is -2.94. The fraction of sp³-hybridized carbons (Fsp3) is 0.133. The quantitative estimate of drug-likeness (QED) is 0.488. The highest BCUT2D eigenvalue weighted by atomic mass is 32.2. The summed E-state index contributed by atoms with van der Waals surface area (Å²) >= 11 is 0. The third kappa shape index (κ3) is 4.29. The molecule has 0 aliphatic heterocycles. The Bertz CT molecular complexity index is 844. The van der Waals surface area contributed by atoms with Crippen molar-refractivity contribution in [2.24, 2.45) is 5.10 Å². The molecular weight excluding hydrogens is 332 g/mol. The van der Waals surface area contributed by atoms with Gasteiger partial charge in [0.05, 0.1) is 16.0 Å². The van der Waals surface area contributed by atoms with Gasteiger partial charge in [-0.1, -0.05) is 12.1 Å². The summed E-state index contributed by atoms with van der Waals surface area (Å²) in [6, 6.07) is 11.9. The molecule has 0 aliphatic carbocycles. The summed E-state index contributed by atoms with van der Waals surface area (Å²) in [5.74, 6) is 0. The Kier molecular flexibility index (Phi) is 5.14. The largest absolute Gasteiger partial charge is 0.378 e. The van der Waals surface area contributed by atoms with Crippen LogP contribution in [-0.4, -0.2) is 33.7 Å². The number of hydrogen-bond donors (Lipinski definition) is 1.